The molecule has 2 aromatic carbocycles. The highest BCUT2D eigenvalue weighted by Gasteiger charge is 2.47. The molecular weight excluding hydrogens is 414 g/mol. The topological polar surface area (TPSA) is 78.5 Å². The highest BCUT2D eigenvalue weighted by atomic mass is 16.2. The number of hydrogen-bond acceptors (Lipinski definition) is 3. The van der Waals surface area contributed by atoms with Crippen molar-refractivity contribution >= 4 is 23.4 Å². The van der Waals surface area contributed by atoms with Crippen LogP contribution in [0.2, 0.25) is 0 Å². The van der Waals surface area contributed by atoms with Crippen molar-refractivity contribution < 1.29 is 14.4 Å². The van der Waals surface area contributed by atoms with E-state index in [0.717, 1.165) is 31.2 Å². The van der Waals surface area contributed by atoms with Gasteiger partial charge in [0.25, 0.3) is 0 Å². The monoisotopic (exact) mass is 447 g/mol. The Kier molecular flexibility index (Phi) is 6.82. The van der Waals surface area contributed by atoms with Crippen LogP contribution in [0.5, 0.6) is 0 Å². The largest absolute Gasteiger partial charge is 0.342 e. The van der Waals surface area contributed by atoms with Crippen LogP contribution in [0.15, 0.2) is 48.5 Å². The number of nitrogens with zero attached hydrogens (tertiary/aromatic N) is 1. The molecule has 2 aliphatic rings. The molecule has 1 aliphatic heterocycles. The molecule has 6 nitrogen and oxygen atoms in total. The fourth-order valence-corrected chi connectivity index (χ4v) is 5.44. The minimum absolute atomic E-state index is 0.0260. The van der Waals surface area contributed by atoms with E-state index in [4.69, 9.17) is 0 Å². The molecule has 2 N–H and O–H groups in total. The van der Waals surface area contributed by atoms with Crippen molar-refractivity contribution in [3.8, 4) is 0 Å². The van der Waals surface area contributed by atoms with E-state index in [1.807, 2.05) is 36.4 Å². The van der Waals surface area contributed by atoms with Gasteiger partial charge in [0.1, 0.15) is 12.1 Å². The van der Waals surface area contributed by atoms with Gasteiger partial charge in [0.15, 0.2) is 0 Å². The van der Waals surface area contributed by atoms with Gasteiger partial charge in [0.05, 0.1) is 0 Å². The molecule has 2 aromatic rings. The first-order valence-corrected chi connectivity index (χ1v) is 12.0. The van der Waals surface area contributed by atoms with E-state index in [2.05, 4.69) is 36.6 Å². The van der Waals surface area contributed by atoms with Crippen LogP contribution in [0.1, 0.15) is 50.3 Å². The number of rotatable bonds is 7. The fourth-order valence-electron chi connectivity index (χ4n) is 5.44. The predicted molar refractivity (Wildman–Crippen MR) is 128 cm³/mol. The highest BCUT2D eigenvalue weighted by molar-refractivity contribution is 5.97. The van der Waals surface area contributed by atoms with Gasteiger partial charge >= 0.3 is 0 Å². The Labute approximate surface area is 195 Å². The van der Waals surface area contributed by atoms with Crippen LogP contribution < -0.4 is 10.6 Å². The lowest BCUT2D eigenvalue weighted by Gasteiger charge is -2.44. The van der Waals surface area contributed by atoms with E-state index in [-0.39, 0.29) is 29.6 Å². The second kappa shape index (κ2) is 9.77. The van der Waals surface area contributed by atoms with Gasteiger partial charge in [-0.15, -0.1) is 0 Å². The van der Waals surface area contributed by atoms with E-state index < -0.39 is 12.1 Å². The van der Waals surface area contributed by atoms with Crippen molar-refractivity contribution in [1.29, 1.82) is 0 Å². The number of amides is 3. The van der Waals surface area contributed by atoms with Gasteiger partial charge in [-0.05, 0) is 47.4 Å². The molecule has 174 valence electrons. The Morgan fingerprint density at radius 1 is 1.03 bits per heavy atom. The maximum Gasteiger partial charge on any atom is 0.246 e. The van der Waals surface area contributed by atoms with Crippen molar-refractivity contribution in [2.45, 2.75) is 65.1 Å². The first kappa shape index (κ1) is 23.0. The SMILES string of the molecule is CCC(CC)[C@@H]1C(=O)N[C@H](C2Cc3ccccc3C2)C(=O)N1Cc1ccccc1NC(C)=O. The number of hydrogen-bond donors (Lipinski definition) is 2. The normalized spacial score (nSPS) is 20.7. The summed E-state index contributed by atoms with van der Waals surface area (Å²) < 4.78 is 0. The molecule has 0 spiro atoms. The number of fused-ring (bicyclic) bond motifs is 1. The zero-order valence-electron chi connectivity index (χ0n) is 19.6. The molecule has 4 rings (SSSR count). The van der Waals surface area contributed by atoms with E-state index in [1.54, 1.807) is 4.90 Å². The van der Waals surface area contributed by atoms with Crippen LogP contribution >= 0.6 is 0 Å². The predicted octanol–water partition coefficient (Wildman–Crippen LogP) is 3.69. The minimum atomic E-state index is -0.538. The van der Waals surface area contributed by atoms with Crippen LogP contribution in [0.3, 0.4) is 0 Å². The zero-order valence-corrected chi connectivity index (χ0v) is 19.6. The average molecular weight is 448 g/mol. The third-order valence-corrected chi connectivity index (χ3v) is 7.17. The summed E-state index contributed by atoms with van der Waals surface area (Å²) >= 11 is 0. The molecule has 3 amide bonds. The highest BCUT2D eigenvalue weighted by Crippen LogP contribution is 2.33. The van der Waals surface area contributed by atoms with Gasteiger partial charge < -0.3 is 15.5 Å². The van der Waals surface area contributed by atoms with E-state index in [9.17, 15) is 14.4 Å². The smallest absolute Gasteiger partial charge is 0.246 e. The molecule has 0 aromatic heterocycles. The minimum Gasteiger partial charge on any atom is -0.342 e. The Morgan fingerprint density at radius 2 is 1.64 bits per heavy atom. The van der Waals surface area contributed by atoms with Gasteiger partial charge in [0.2, 0.25) is 17.7 Å². The molecule has 2 atom stereocenters. The number of piperazine rings is 1. The van der Waals surface area contributed by atoms with E-state index in [0.29, 0.717) is 12.2 Å². The average Bonchev–Trinajstić information content (AvgIpc) is 3.23. The van der Waals surface area contributed by atoms with Gasteiger partial charge in [0, 0.05) is 19.2 Å². The first-order valence-electron chi connectivity index (χ1n) is 12.0. The number of para-hydroxylation sites is 1. The summed E-state index contributed by atoms with van der Waals surface area (Å²) in [5.41, 5.74) is 4.03. The lowest BCUT2D eigenvalue weighted by atomic mass is 9.86. The molecule has 1 fully saturated rings. The Bertz CT molecular complexity index is 1020. The third-order valence-electron chi connectivity index (χ3n) is 7.17. The Balaban J connectivity index is 1.65. The van der Waals surface area contributed by atoms with Crippen molar-refractivity contribution in [2.75, 3.05) is 5.32 Å². The standard InChI is InChI=1S/C27H33N3O3/c1-4-18(5-2)25-26(32)29-24(22-14-19-10-6-7-11-20(19)15-22)27(33)30(25)16-21-12-8-9-13-23(21)28-17(3)31/h6-13,18,22,24-25H,4-5,14-16H2,1-3H3,(H,28,31)(H,29,32)/t24-,25-/m1/s1. The van der Waals surface area contributed by atoms with Gasteiger partial charge in [-0.3, -0.25) is 14.4 Å². The second-order valence-electron chi connectivity index (χ2n) is 9.25. The molecule has 1 aliphatic carbocycles. The van der Waals surface area contributed by atoms with Crippen LogP contribution in [-0.4, -0.2) is 34.7 Å². The first-order chi connectivity index (χ1) is 15.9. The third kappa shape index (κ3) is 4.65. The molecule has 1 heterocycles. The van der Waals surface area contributed by atoms with E-state index in [1.165, 1.54) is 18.1 Å². The summed E-state index contributed by atoms with van der Waals surface area (Å²) in [5.74, 6) is -0.135. The van der Waals surface area contributed by atoms with Crippen molar-refractivity contribution in [2.24, 2.45) is 11.8 Å². The quantitative estimate of drug-likeness (QED) is 0.680. The molecular formula is C27H33N3O3. The number of benzene rings is 2. The van der Waals surface area contributed by atoms with Crippen LogP contribution in [-0.2, 0) is 33.8 Å². The van der Waals surface area contributed by atoms with E-state index >= 15 is 0 Å². The summed E-state index contributed by atoms with van der Waals surface area (Å²) in [5, 5.41) is 5.97. The molecule has 33 heavy (non-hydrogen) atoms. The summed E-state index contributed by atoms with van der Waals surface area (Å²) in [4.78, 5) is 40.8. The van der Waals surface area contributed by atoms with Crippen molar-refractivity contribution in [3.63, 3.8) is 0 Å². The fraction of sp³-hybridized carbons (Fsp3) is 0.444. The maximum atomic E-state index is 13.9. The lowest BCUT2D eigenvalue weighted by Crippen LogP contribution is -2.66. The molecule has 0 saturated carbocycles. The van der Waals surface area contributed by atoms with Gasteiger partial charge in [-0.25, -0.2) is 0 Å². The number of nitrogens with one attached hydrogen (secondary N) is 2. The van der Waals surface area contributed by atoms with Gasteiger partial charge in [-0.2, -0.15) is 0 Å². The van der Waals surface area contributed by atoms with Crippen LogP contribution in [0.25, 0.3) is 0 Å². The maximum absolute atomic E-state index is 13.9. The molecule has 0 radical (unpaired) electrons. The second-order valence-corrected chi connectivity index (χ2v) is 9.25. The number of anilines is 1. The van der Waals surface area contributed by atoms with Crippen molar-refractivity contribution in [3.05, 3.63) is 65.2 Å². The molecule has 0 unspecified atom stereocenters. The summed E-state index contributed by atoms with van der Waals surface area (Å²) in [7, 11) is 0. The summed E-state index contributed by atoms with van der Waals surface area (Å²) in [6.45, 7) is 5.89. The van der Waals surface area contributed by atoms with Crippen LogP contribution in [0, 0.1) is 11.8 Å². The number of carbonyl (C=O) groups excluding carboxylic acids is 3. The number of carbonyl (C=O) groups is 3. The van der Waals surface area contributed by atoms with Gasteiger partial charge in [-0.1, -0.05) is 69.2 Å². The summed E-state index contributed by atoms with van der Waals surface area (Å²) in [6, 6.07) is 14.7. The molecule has 1 saturated heterocycles. The Morgan fingerprint density at radius 3 is 2.24 bits per heavy atom. The van der Waals surface area contributed by atoms with Crippen molar-refractivity contribution in [1.82, 2.24) is 10.2 Å². The molecule has 6 heteroatoms. The summed E-state index contributed by atoms with van der Waals surface area (Å²) in [6.07, 6.45) is 3.20. The Hall–Kier alpha value is -3.15. The molecule has 0 bridgehead atoms. The van der Waals surface area contributed by atoms with Crippen LogP contribution in [0.4, 0.5) is 5.69 Å². The lowest BCUT2D eigenvalue weighted by molar-refractivity contribution is -0.154. The zero-order chi connectivity index (χ0) is 23.5.